The maximum atomic E-state index is 12.5. The summed E-state index contributed by atoms with van der Waals surface area (Å²) in [5, 5.41) is 11.2. The molecule has 1 aromatic rings. The number of alkyl halides is 3. The van der Waals surface area contributed by atoms with Crippen LogP contribution in [0.2, 0.25) is 0 Å². The summed E-state index contributed by atoms with van der Waals surface area (Å²) in [6.07, 6.45) is 2.98. The predicted molar refractivity (Wildman–Crippen MR) is 86.5 cm³/mol. The van der Waals surface area contributed by atoms with Crippen molar-refractivity contribution in [2.75, 3.05) is 20.6 Å². The molecule has 25 heavy (non-hydrogen) atoms. The molecule has 0 amide bonds. The Labute approximate surface area is 145 Å². The van der Waals surface area contributed by atoms with E-state index in [0.717, 1.165) is 25.3 Å². The maximum absolute atomic E-state index is 12.5. The molecule has 1 fully saturated rings. The molecule has 1 saturated carbocycles. The van der Waals surface area contributed by atoms with Crippen LogP contribution in [0.1, 0.15) is 31.2 Å². The van der Waals surface area contributed by atoms with Gasteiger partial charge in [-0.3, -0.25) is 0 Å². The molecule has 0 saturated heterocycles. The van der Waals surface area contributed by atoms with Gasteiger partial charge in [0.15, 0.2) is 0 Å². The lowest BCUT2D eigenvalue weighted by Crippen LogP contribution is -2.43. The highest BCUT2D eigenvalue weighted by Gasteiger charge is 2.49. The van der Waals surface area contributed by atoms with Crippen LogP contribution < -0.4 is 4.18 Å². The predicted octanol–water partition coefficient (Wildman–Crippen LogP) is 2.85. The maximum Gasteiger partial charge on any atom is 0.534 e. The normalized spacial score (nSPS) is 25.2. The van der Waals surface area contributed by atoms with Crippen LogP contribution >= 0.6 is 0 Å². The molecule has 2 atom stereocenters. The molecule has 0 radical (unpaired) electrons. The van der Waals surface area contributed by atoms with E-state index in [9.17, 15) is 26.7 Å². The molecule has 2 rings (SSSR count). The molecule has 9 heteroatoms. The first kappa shape index (κ1) is 20.0. The molecular weight excluding hydrogens is 359 g/mol. The second-order valence-electron chi connectivity index (χ2n) is 6.64. The number of nitrogens with zero attached hydrogens (tertiary/aromatic N) is 1. The zero-order valence-corrected chi connectivity index (χ0v) is 14.9. The van der Waals surface area contributed by atoms with Crippen LogP contribution in [0.25, 0.3) is 0 Å². The molecule has 1 aliphatic rings. The van der Waals surface area contributed by atoms with Crippen LogP contribution in [0, 0.1) is 5.92 Å². The first-order chi connectivity index (χ1) is 11.5. The summed E-state index contributed by atoms with van der Waals surface area (Å²) in [5.74, 6) is -0.567. The van der Waals surface area contributed by atoms with Crippen LogP contribution in [0.4, 0.5) is 13.2 Å². The Balaban J connectivity index is 2.33. The van der Waals surface area contributed by atoms with Crippen molar-refractivity contribution in [2.24, 2.45) is 5.92 Å². The quantitative estimate of drug-likeness (QED) is 0.628. The molecule has 0 aromatic heterocycles. The Kier molecular flexibility index (Phi) is 5.70. The molecule has 0 heterocycles. The summed E-state index contributed by atoms with van der Waals surface area (Å²) in [6, 6.07) is 5.27. The molecule has 142 valence electrons. The number of benzene rings is 1. The monoisotopic (exact) mass is 381 g/mol. The van der Waals surface area contributed by atoms with E-state index in [-0.39, 0.29) is 5.92 Å². The van der Waals surface area contributed by atoms with Gasteiger partial charge in [-0.2, -0.15) is 21.6 Å². The summed E-state index contributed by atoms with van der Waals surface area (Å²) < 4.78 is 64.0. The average Bonchev–Trinajstić information content (AvgIpc) is 2.48. The van der Waals surface area contributed by atoms with Gasteiger partial charge < -0.3 is 14.2 Å². The molecule has 0 bridgehead atoms. The number of rotatable bonds is 5. The van der Waals surface area contributed by atoms with Gasteiger partial charge in [0.1, 0.15) is 5.75 Å². The third-order valence-corrected chi connectivity index (χ3v) is 5.42. The molecular formula is C16H22F3NO4S. The van der Waals surface area contributed by atoms with Crippen molar-refractivity contribution >= 4 is 10.1 Å². The minimum absolute atomic E-state index is 0.106. The topological polar surface area (TPSA) is 66.8 Å². The fourth-order valence-electron chi connectivity index (χ4n) is 3.28. The molecule has 0 aliphatic heterocycles. The summed E-state index contributed by atoms with van der Waals surface area (Å²) in [5.41, 5.74) is -6.36. The fourth-order valence-corrected chi connectivity index (χ4v) is 3.73. The van der Waals surface area contributed by atoms with Gasteiger partial charge in [0.25, 0.3) is 0 Å². The zero-order valence-electron chi connectivity index (χ0n) is 14.1. The smallest absolute Gasteiger partial charge is 0.385 e. The van der Waals surface area contributed by atoms with E-state index in [1.165, 1.54) is 12.1 Å². The van der Waals surface area contributed by atoms with E-state index in [0.29, 0.717) is 18.5 Å². The van der Waals surface area contributed by atoms with Gasteiger partial charge in [0.05, 0.1) is 5.60 Å². The summed E-state index contributed by atoms with van der Waals surface area (Å²) in [7, 11) is -1.98. The van der Waals surface area contributed by atoms with E-state index < -0.39 is 27.0 Å². The van der Waals surface area contributed by atoms with Gasteiger partial charge in [0.2, 0.25) is 0 Å². The number of aliphatic hydroxyl groups is 1. The van der Waals surface area contributed by atoms with Gasteiger partial charge in [-0.1, -0.05) is 25.0 Å². The highest BCUT2D eigenvalue weighted by molar-refractivity contribution is 7.88. The minimum Gasteiger partial charge on any atom is -0.385 e. The SMILES string of the molecule is CN(C)CC1CCCCC1(O)c1cccc(OS(=O)(=O)C(F)(F)F)c1. The summed E-state index contributed by atoms with van der Waals surface area (Å²) >= 11 is 0. The second kappa shape index (κ2) is 7.13. The van der Waals surface area contributed by atoms with Crippen LogP contribution in [-0.4, -0.2) is 44.6 Å². The standard InChI is InChI=1S/C16H22F3NO4S/c1-20(2)11-13-6-3-4-9-15(13,21)12-7-5-8-14(10-12)24-25(22,23)16(17,18)19/h5,7-8,10,13,21H,3-4,6,9,11H2,1-2H3. The van der Waals surface area contributed by atoms with Crippen LogP contribution in [0.15, 0.2) is 24.3 Å². The van der Waals surface area contributed by atoms with E-state index in [2.05, 4.69) is 4.18 Å². The lowest BCUT2D eigenvalue weighted by atomic mass is 9.71. The number of hydrogen-bond donors (Lipinski definition) is 1. The molecule has 2 unspecified atom stereocenters. The van der Waals surface area contributed by atoms with Crippen molar-refractivity contribution in [3.8, 4) is 5.75 Å². The van der Waals surface area contributed by atoms with E-state index in [1.807, 2.05) is 19.0 Å². The Morgan fingerprint density at radius 1 is 1.32 bits per heavy atom. The second-order valence-corrected chi connectivity index (χ2v) is 8.18. The van der Waals surface area contributed by atoms with Crippen LogP contribution in [-0.2, 0) is 15.7 Å². The third-order valence-electron chi connectivity index (χ3n) is 4.44. The third kappa shape index (κ3) is 4.45. The Bertz CT molecular complexity index is 706. The average molecular weight is 381 g/mol. The van der Waals surface area contributed by atoms with Crippen molar-refractivity contribution in [3.05, 3.63) is 29.8 Å². The van der Waals surface area contributed by atoms with Gasteiger partial charge in [-0.25, -0.2) is 0 Å². The lowest BCUT2D eigenvalue weighted by Gasteiger charge is -2.41. The molecule has 1 aromatic carbocycles. The Morgan fingerprint density at radius 3 is 2.60 bits per heavy atom. The molecule has 0 spiro atoms. The zero-order chi connectivity index (χ0) is 18.9. The van der Waals surface area contributed by atoms with Crippen LogP contribution in [0.3, 0.4) is 0 Å². The van der Waals surface area contributed by atoms with E-state index >= 15 is 0 Å². The lowest BCUT2D eigenvalue weighted by molar-refractivity contribution is -0.0619. The van der Waals surface area contributed by atoms with Crippen LogP contribution in [0.5, 0.6) is 5.75 Å². The molecule has 1 N–H and O–H groups in total. The van der Waals surface area contributed by atoms with Gasteiger partial charge >= 0.3 is 15.6 Å². The Morgan fingerprint density at radius 2 is 2.00 bits per heavy atom. The highest BCUT2D eigenvalue weighted by atomic mass is 32.2. The number of hydrogen-bond acceptors (Lipinski definition) is 5. The van der Waals surface area contributed by atoms with Crippen molar-refractivity contribution in [1.29, 1.82) is 0 Å². The minimum atomic E-state index is -5.74. The first-order valence-electron chi connectivity index (χ1n) is 7.94. The molecule has 5 nitrogen and oxygen atoms in total. The first-order valence-corrected chi connectivity index (χ1v) is 9.35. The van der Waals surface area contributed by atoms with Crippen molar-refractivity contribution in [1.82, 2.24) is 4.90 Å². The summed E-state index contributed by atoms with van der Waals surface area (Å²) in [4.78, 5) is 1.94. The van der Waals surface area contributed by atoms with E-state index in [4.69, 9.17) is 0 Å². The fraction of sp³-hybridized carbons (Fsp3) is 0.625. The summed E-state index contributed by atoms with van der Waals surface area (Å²) in [6.45, 7) is 0.614. The Hall–Kier alpha value is -1.32. The van der Waals surface area contributed by atoms with Gasteiger partial charge in [-0.05, 0) is 44.6 Å². The largest absolute Gasteiger partial charge is 0.534 e. The van der Waals surface area contributed by atoms with Gasteiger partial charge in [-0.15, -0.1) is 0 Å². The van der Waals surface area contributed by atoms with Crippen molar-refractivity contribution in [3.63, 3.8) is 0 Å². The number of halogens is 3. The van der Waals surface area contributed by atoms with Gasteiger partial charge in [0, 0.05) is 12.5 Å². The van der Waals surface area contributed by atoms with Crippen molar-refractivity contribution in [2.45, 2.75) is 36.8 Å². The molecule has 1 aliphatic carbocycles. The highest BCUT2D eigenvalue weighted by Crippen LogP contribution is 2.43. The van der Waals surface area contributed by atoms with E-state index in [1.54, 1.807) is 6.07 Å². The van der Waals surface area contributed by atoms with Crippen molar-refractivity contribution < 1.29 is 30.9 Å².